The molecule has 0 aliphatic carbocycles. The number of hydrogen-bond donors (Lipinski definition) is 1. The van der Waals surface area contributed by atoms with Crippen molar-refractivity contribution < 1.29 is 18.3 Å². The van der Waals surface area contributed by atoms with Crippen molar-refractivity contribution >= 4 is 15.9 Å². The Labute approximate surface area is 123 Å². The summed E-state index contributed by atoms with van der Waals surface area (Å²) >= 11 is 0. The Morgan fingerprint density at radius 1 is 1.00 bits per heavy atom. The monoisotopic (exact) mass is 302 g/mol. The van der Waals surface area contributed by atoms with E-state index in [-0.39, 0.29) is 9.80 Å². The highest BCUT2D eigenvalue weighted by Gasteiger charge is 2.41. The molecule has 0 amide bonds. The molecule has 21 heavy (non-hydrogen) atoms. The van der Waals surface area contributed by atoms with Gasteiger partial charge in [0.2, 0.25) is 15.6 Å². The minimum absolute atomic E-state index is 0.125. The molecule has 1 heterocycles. The van der Waals surface area contributed by atoms with Gasteiger partial charge in [0.15, 0.2) is 0 Å². The molecule has 0 saturated heterocycles. The van der Waals surface area contributed by atoms with Gasteiger partial charge in [0.1, 0.15) is 10.7 Å². The fourth-order valence-electron chi connectivity index (χ4n) is 2.29. The Hall–Kier alpha value is -2.11. The maximum absolute atomic E-state index is 12.7. The lowest BCUT2D eigenvalue weighted by molar-refractivity contribution is -0.0830. The summed E-state index contributed by atoms with van der Waals surface area (Å²) in [6, 6.07) is 15.0. The van der Waals surface area contributed by atoms with Crippen LogP contribution in [-0.4, -0.2) is 19.3 Å². The summed E-state index contributed by atoms with van der Waals surface area (Å²) in [5.74, 6) is -1.45. The molecule has 3 rings (SSSR count). The normalized spacial score (nSPS) is 21.1. The molecule has 0 saturated carbocycles. The molecular formula is C16H14O4S. The zero-order valence-corrected chi connectivity index (χ0v) is 12.2. The largest absolute Gasteiger partial charge is 0.457 e. The van der Waals surface area contributed by atoms with Crippen molar-refractivity contribution in [3.8, 4) is 5.75 Å². The van der Waals surface area contributed by atoms with Crippen molar-refractivity contribution in [2.24, 2.45) is 0 Å². The first kappa shape index (κ1) is 13.9. The minimum atomic E-state index is -3.83. The third-order valence-electron chi connectivity index (χ3n) is 3.31. The van der Waals surface area contributed by atoms with E-state index < -0.39 is 15.6 Å². The number of fused-ring (bicyclic) bond motifs is 1. The number of para-hydroxylation sites is 1. The van der Waals surface area contributed by atoms with Crippen molar-refractivity contribution in [3.63, 3.8) is 0 Å². The smallest absolute Gasteiger partial charge is 0.243 e. The molecule has 0 aromatic heterocycles. The van der Waals surface area contributed by atoms with E-state index in [1.54, 1.807) is 42.5 Å². The van der Waals surface area contributed by atoms with Crippen molar-refractivity contribution in [3.05, 3.63) is 65.1 Å². The van der Waals surface area contributed by atoms with Crippen LogP contribution in [0.15, 0.2) is 64.4 Å². The maximum atomic E-state index is 12.7. The second-order valence-corrected chi connectivity index (χ2v) is 6.87. The van der Waals surface area contributed by atoms with Gasteiger partial charge in [-0.1, -0.05) is 36.4 Å². The lowest BCUT2D eigenvalue weighted by Crippen LogP contribution is -2.39. The quantitative estimate of drug-likeness (QED) is 0.926. The fourth-order valence-corrected chi connectivity index (χ4v) is 3.88. The van der Waals surface area contributed by atoms with Crippen LogP contribution in [0.5, 0.6) is 5.75 Å². The van der Waals surface area contributed by atoms with Gasteiger partial charge in [-0.2, -0.15) is 0 Å². The topological polar surface area (TPSA) is 63.6 Å². The van der Waals surface area contributed by atoms with E-state index in [9.17, 15) is 13.5 Å². The number of benzene rings is 2. The number of aliphatic hydroxyl groups is 1. The molecule has 1 atom stereocenters. The molecule has 4 nitrogen and oxygen atoms in total. The van der Waals surface area contributed by atoms with Crippen molar-refractivity contribution in [2.75, 3.05) is 0 Å². The van der Waals surface area contributed by atoms with Gasteiger partial charge in [0.05, 0.1) is 4.90 Å². The third-order valence-corrected chi connectivity index (χ3v) is 5.28. The first-order chi connectivity index (χ1) is 9.91. The number of sulfone groups is 1. The van der Waals surface area contributed by atoms with E-state index in [4.69, 9.17) is 4.74 Å². The summed E-state index contributed by atoms with van der Waals surface area (Å²) in [7, 11) is -3.83. The molecule has 0 spiro atoms. The van der Waals surface area contributed by atoms with Crippen molar-refractivity contribution in [1.29, 1.82) is 0 Å². The Morgan fingerprint density at radius 3 is 2.33 bits per heavy atom. The standard InChI is InChI=1S/C16H14O4S/c1-16(17)15(11-12-7-5-6-10-14(12)20-16)21(18,19)13-8-3-2-4-9-13/h2-11,17H,1H3. The SMILES string of the molecule is CC1(O)Oc2ccccc2C=C1S(=O)(=O)c1ccccc1. The predicted octanol–water partition coefficient (Wildman–Crippen LogP) is 2.60. The van der Waals surface area contributed by atoms with Crippen LogP contribution in [0.3, 0.4) is 0 Å². The molecule has 0 radical (unpaired) electrons. The summed E-state index contributed by atoms with van der Waals surface area (Å²) in [5.41, 5.74) is 0.624. The Kier molecular flexibility index (Phi) is 3.11. The van der Waals surface area contributed by atoms with Gasteiger partial charge < -0.3 is 9.84 Å². The molecule has 5 heteroatoms. The molecule has 108 valence electrons. The van der Waals surface area contributed by atoms with E-state index in [1.165, 1.54) is 25.1 Å². The highest BCUT2D eigenvalue weighted by molar-refractivity contribution is 7.95. The van der Waals surface area contributed by atoms with Crippen LogP contribution in [0.25, 0.3) is 6.08 Å². The average molecular weight is 302 g/mol. The Morgan fingerprint density at radius 2 is 1.62 bits per heavy atom. The van der Waals surface area contributed by atoms with Gasteiger partial charge in [0.25, 0.3) is 0 Å². The first-order valence-corrected chi connectivity index (χ1v) is 7.92. The third kappa shape index (κ3) is 2.34. The molecule has 2 aromatic carbocycles. The Bertz CT molecular complexity index is 805. The summed E-state index contributed by atoms with van der Waals surface area (Å²) < 4.78 is 30.9. The fraction of sp³-hybridized carbons (Fsp3) is 0.125. The van der Waals surface area contributed by atoms with Gasteiger partial charge in [-0.05, 0) is 24.3 Å². The van der Waals surface area contributed by atoms with E-state index in [2.05, 4.69) is 0 Å². The van der Waals surface area contributed by atoms with Crippen LogP contribution >= 0.6 is 0 Å². The van der Waals surface area contributed by atoms with Crippen LogP contribution in [0, 0.1) is 0 Å². The predicted molar refractivity (Wildman–Crippen MR) is 79.3 cm³/mol. The van der Waals surface area contributed by atoms with E-state index in [0.717, 1.165) is 0 Å². The van der Waals surface area contributed by atoms with Gasteiger partial charge in [-0.3, -0.25) is 0 Å². The van der Waals surface area contributed by atoms with Gasteiger partial charge in [0, 0.05) is 12.5 Å². The van der Waals surface area contributed by atoms with E-state index in [0.29, 0.717) is 11.3 Å². The molecule has 0 fully saturated rings. The summed E-state index contributed by atoms with van der Waals surface area (Å²) in [5, 5.41) is 10.4. The molecule has 2 aromatic rings. The highest BCUT2D eigenvalue weighted by atomic mass is 32.2. The number of ether oxygens (including phenoxy) is 1. The highest BCUT2D eigenvalue weighted by Crippen LogP contribution is 2.38. The van der Waals surface area contributed by atoms with E-state index >= 15 is 0 Å². The Balaban J connectivity index is 2.19. The zero-order chi connectivity index (χ0) is 15.1. The van der Waals surface area contributed by atoms with Crippen molar-refractivity contribution in [2.45, 2.75) is 17.6 Å². The molecular weight excluding hydrogens is 288 g/mol. The van der Waals surface area contributed by atoms with Crippen LogP contribution in [-0.2, 0) is 9.84 Å². The van der Waals surface area contributed by atoms with Crippen LogP contribution in [0.4, 0.5) is 0 Å². The molecule has 1 aliphatic heterocycles. The van der Waals surface area contributed by atoms with Crippen LogP contribution in [0.1, 0.15) is 12.5 Å². The van der Waals surface area contributed by atoms with Crippen molar-refractivity contribution in [1.82, 2.24) is 0 Å². The molecule has 1 unspecified atom stereocenters. The lowest BCUT2D eigenvalue weighted by Gasteiger charge is -2.31. The second-order valence-electron chi connectivity index (χ2n) is 4.95. The van der Waals surface area contributed by atoms with E-state index in [1.807, 2.05) is 0 Å². The second kappa shape index (κ2) is 4.72. The summed E-state index contributed by atoms with van der Waals surface area (Å²) in [6.07, 6.45) is 1.46. The summed E-state index contributed by atoms with van der Waals surface area (Å²) in [6.45, 7) is 1.33. The molecule has 1 N–H and O–H groups in total. The first-order valence-electron chi connectivity index (χ1n) is 6.44. The van der Waals surface area contributed by atoms with Crippen LogP contribution in [0.2, 0.25) is 0 Å². The maximum Gasteiger partial charge on any atom is 0.243 e. The lowest BCUT2D eigenvalue weighted by atomic mass is 10.1. The van der Waals surface area contributed by atoms with Crippen LogP contribution < -0.4 is 4.74 Å². The van der Waals surface area contributed by atoms with Gasteiger partial charge >= 0.3 is 0 Å². The summed E-state index contributed by atoms with van der Waals surface area (Å²) in [4.78, 5) is -0.0422. The minimum Gasteiger partial charge on any atom is -0.457 e. The number of rotatable bonds is 2. The zero-order valence-electron chi connectivity index (χ0n) is 11.4. The number of hydrogen-bond acceptors (Lipinski definition) is 4. The van der Waals surface area contributed by atoms with Gasteiger partial charge in [-0.25, -0.2) is 8.42 Å². The van der Waals surface area contributed by atoms with Gasteiger partial charge in [-0.15, -0.1) is 0 Å². The molecule has 1 aliphatic rings. The molecule has 0 bridgehead atoms. The average Bonchev–Trinajstić information content (AvgIpc) is 2.46.